The van der Waals surface area contributed by atoms with Gasteiger partial charge in [-0.1, -0.05) is 65.7 Å². The molecule has 3 heteroatoms. The van der Waals surface area contributed by atoms with Crippen LogP contribution < -0.4 is 0 Å². The molecule has 0 aromatic heterocycles. The average molecular weight is 411 g/mol. The highest BCUT2D eigenvalue weighted by Gasteiger charge is 2.23. The lowest BCUT2D eigenvalue weighted by atomic mass is 10.1. The molecule has 0 aromatic rings. The van der Waals surface area contributed by atoms with Gasteiger partial charge in [0.05, 0.1) is 6.10 Å². The van der Waals surface area contributed by atoms with Crippen LogP contribution in [0.4, 0.5) is 0 Å². The SMILES string of the molecule is CC[Si](C#CCCCCCCCCCCCOCCCOC(C)C)(CC)CC. The highest BCUT2D eigenvalue weighted by Crippen LogP contribution is 2.19. The molecule has 0 aliphatic heterocycles. The summed E-state index contributed by atoms with van der Waals surface area (Å²) in [6, 6.07) is 3.98. The minimum atomic E-state index is -1.21. The lowest BCUT2D eigenvalue weighted by Gasteiger charge is -2.20. The number of hydrogen-bond donors (Lipinski definition) is 0. The fourth-order valence-corrected chi connectivity index (χ4v) is 6.03. The zero-order chi connectivity index (χ0) is 20.9. The second kappa shape index (κ2) is 20.0. The van der Waals surface area contributed by atoms with Gasteiger partial charge in [-0.15, -0.1) is 11.5 Å². The van der Waals surface area contributed by atoms with Crippen molar-refractivity contribution in [2.24, 2.45) is 0 Å². The van der Waals surface area contributed by atoms with E-state index in [4.69, 9.17) is 9.47 Å². The molecule has 0 heterocycles. The van der Waals surface area contributed by atoms with Gasteiger partial charge < -0.3 is 9.47 Å². The Hall–Kier alpha value is -0.303. The van der Waals surface area contributed by atoms with Crippen molar-refractivity contribution in [3.05, 3.63) is 0 Å². The van der Waals surface area contributed by atoms with Crippen LogP contribution in [0.25, 0.3) is 0 Å². The Morgan fingerprint density at radius 1 is 0.643 bits per heavy atom. The summed E-state index contributed by atoms with van der Waals surface area (Å²) in [7, 11) is -1.21. The lowest BCUT2D eigenvalue weighted by molar-refractivity contribution is 0.0507. The van der Waals surface area contributed by atoms with E-state index >= 15 is 0 Å². The van der Waals surface area contributed by atoms with E-state index in [0.29, 0.717) is 6.10 Å². The molecule has 0 atom stereocenters. The smallest absolute Gasteiger partial charge is 0.137 e. The molecule has 0 bridgehead atoms. The first-order valence-electron chi connectivity index (χ1n) is 12.3. The van der Waals surface area contributed by atoms with Crippen LogP contribution in [0, 0.1) is 11.5 Å². The summed E-state index contributed by atoms with van der Waals surface area (Å²) in [5.74, 6) is 3.52. The Morgan fingerprint density at radius 3 is 1.68 bits per heavy atom. The third kappa shape index (κ3) is 16.6. The van der Waals surface area contributed by atoms with Gasteiger partial charge in [0.15, 0.2) is 0 Å². The average Bonchev–Trinajstić information content (AvgIpc) is 2.70. The lowest BCUT2D eigenvalue weighted by Crippen LogP contribution is -2.29. The van der Waals surface area contributed by atoms with Crippen molar-refractivity contribution < 1.29 is 9.47 Å². The van der Waals surface area contributed by atoms with Crippen molar-refractivity contribution in [1.82, 2.24) is 0 Å². The molecule has 0 saturated carbocycles. The zero-order valence-corrected chi connectivity index (χ0v) is 20.9. The quantitative estimate of drug-likeness (QED) is 0.123. The summed E-state index contributed by atoms with van der Waals surface area (Å²) in [5.41, 5.74) is 3.71. The molecule has 0 saturated heterocycles. The van der Waals surface area contributed by atoms with Gasteiger partial charge in [0.1, 0.15) is 8.07 Å². The first kappa shape index (κ1) is 27.7. The fourth-order valence-electron chi connectivity index (χ4n) is 3.50. The van der Waals surface area contributed by atoms with Crippen molar-refractivity contribution in [2.75, 3.05) is 19.8 Å². The van der Waals surface area contributed by atoms with Gasteiger partial charge in [-0.3, -0.25) is 0 Å². The van der Waals surface area contributed by atoms with Gasteiger partial charge in [0.25, 0.3) is 0 Å². The molecule has 0 radical (unpaired) electrons. The molecule has 0 spiro atoms. The summed E-state index contributed by atoms with van der Waals surface area (Å²) >= 11 is 0. The first-order valence-corrected chi connectivity index (χ1v) is 14.9. The Labute approximate surface area is 178 Å². The molecule has 0 aliphatic rings. The summed E-state index contributed by atoms with van der Waals surface area (Å²) in [4.78, 5) is 0. The van der Waals surface area contributed by atoms with Crippen LogP contribution in [0.3, 0.4) is 0 Å². The zero-order valence-electron chi connectivity index (χ0n) is 19.9. The van der Waals surface area contributed by atoms with E-state index in [2.05, 4.69) is 46.1 Å². The predicted octanol–water partition coefficient (Wildman–Crippen LogP) is 7.77. The van der Waals surface area contributed by atoms with Gasteiger partial charge in [0, 0.05) is 26.2 Å². The van der Waals surface area contributed by atoms with Gasteiger partial charge in [-0.2, -0.15) is 0 Å². The largest absolute Gasteiger partial charge is 0.381 e. The van der Waals surface area contributed by atoms with Crippen LogP contribution in [0.1, 0.15) is 105 Å². The number of unbranched alkanes of at least 4 members (excludes halogenated alkanes) is 9. The second-order valence-electron chi connectivity index (χ2n) is 8.46. The molecule has 2 nitrogen and oxygen atoms in total. The Kier molecular flexibility index (Phi) is 19.8. The monoisotopic (exact) mass is 410 g/mol. The Morgan fingerprint density at radius 2 is 1.14 bits per heavy atom. The molecular formula is C25H50O2Si. The van der Waals surface area contributed by atoms with E-state index in [0.717, 1.165) is 32.7 Å². The van der Waals surface area contributed by atoms with Crippen LogP contribution in [0.5, 0.6) is 0 Å². The maximum atomic E-state index is 5.66. The Balaban J connectivity index is 3.31. The minimum absolute atomic E-state index is 0.336. The van der Waals surface area contributed by atoms with Gasteiger partial charge in [-0.05, 0) is 51.2 Å². The van der Waals surface area contributed by atoms with Crippen molar-refractivity contribution in [3.8, 4) is 11.5 Å². The normalized spacial score (nSPS) is 11.6. The van der Waals surface area contributed by atoms with Gasteiger partial charge in [0.2, 0.25) is 0 Å². The van der Waals surface area contributed by atoms with Crippen molar-refractivity contribution in [2.45, 2.75) is 129 Å². The fraction of sp³-hybridized carbons (Fsp3) is 0.920. The van der Waals surface area contributed by atoms with E-state index in [1.165, 1.54) is 75.9 Å². The summed E-state index contributed by atoms with van der Waals surface area (Å²) < 4.78 is 11.2. The molecular weight excluding hydrogens is 360 g/mol. The van der Waals surface area contributed by atoms with Crippen LogP contribution in [0.2, 0.25) is 18.1 Å². The molecule has 0 aromatic carbocycles. The van der Waals surface area contributed by atoms with E-state index in [1.807, 2.05) is 0 Å². The predicted molar refractivity (Wildman–Crippen MR) is 128 cm³/mol. The molecule has 0 aliphatic carbocycles. The third-order valence-electron chi connectivity index (χ3n) is 5.86. The van der Waals surface area contributed by atoms with E-state index in [9.17, 15) is 0 Å². The molecule has 0 unspecified atom stereocenters. The van der Waals surface area contributed by atoms with E-state index < -0.39 is 8.07 Å². The van der Waals surface area contributed by atoms with Crippen molar-refractivity contribution in [3.63, 3.8) is 0 Å². The maximum Gasteiger partial charge on any atom is 0.137 e. The van der Waals surface area contributed by atoms with Crippen LogP contribution in [-0.2, 0) is 9.47 Å². The second-order valence-corrected chi connectivity index (χ2v) is 13.4. The first-order chi connectivity index (χ1) is 13.6. The molecule has 28 heavy (non-hydrogen) atoms. The summed E-state index contributed by atoms with van der Waals surface area (Å²) in [5, 5.41) is 0. The number of ether oxygens (including phenoxy) is 2. The molecule has 0 amide bonds. The van der Waals surface area contributed by atoms with E-state index in [-0.39, 0.29) is 0 Å². The summed E-state index contributed by atoms with van der Waals surface area (Å²) in [6.45, 7) is 13.8. The minimum Gasteiger partial charge on any atom is -0.381 e. The molecule has 166 valence electrons. The standard InChI is InChI=1S/C25H50O2Si/c1-6-28(7-2,8-3)24-19-17-15-13-11-9-10-12-14-16-18-21-26-22-20-23-27-25(4)5/h25H,6-18,20-23H2,1-5H3. The molecule has 0 rings (SSSR count). The van der Waals surface area contributed by atoms with Gasteiger partial charge in [-0.25, -0.2) is 0 Å². The van der Waals surface area contributed by atoms with Crippen molar-refractivity contribution >= 4 is 8.07 Å². The van der Waals surface area contributed by atoms with Crippen LogP contribution in [0.15, 0.2) is 0 Å². The topological polar surface area (TPSA) is 18.5 Å². The molecule has 0 N–H and O–H groups in total. The Bertz CT molecular complexity index is 371. The van der Waals surface area contributed by atoms with Crippen LogP contribution >= 0.6 is 0 Å². The molecule has 0 fully saturated rings. The maximum absolute atomic E-state index is 5.66. The highest BCUT2D eigenvalue weighted by molar-refractivity contribution is 6.87. The van der Waals surface area contributed by atoms with Crippen molar-refractivity contribution in [1.29, 1.82) is 0 Å². The highest BCUT2D eigenvalue weighted by atomic mass is 28.3. The van der Waals surface area contributed by atoms with E-state index in [1.54, 1.807) is 0 Å². The third-order valence-corrected chi connectivity index (χ3v) is 10.6. The van der Waals surface area contributed by atoms with Gasteiger partial charge >= 0.3 is 0 Å². The summed E-state index contributed by atoms with van der Waals surface area (Å²) in [6.07, 6.45) is 14.6. The number of rotatable bonds is 19. The van der Waals surface area contributed by atoms with Crippen LogP contribution in [-0.4, -0.2) is 34.0 Å². The number of hydrogen-bond acceptors (Lipinski definition) is 2.